The molecule has 0 atom stereocenters. The SMILES string of the molecule is C=CC(=O)NCC(C)C.[Na]. The number of carbonyl (C=O) groups is 1. The van der Waals surface area contributed by atoms with Gasteiger partial charge in [-0.15, -0.1) is 0 Å². The number of carbonyl (C=O) groups excluding carboxylic acids is 1. The van der Waals surface area contributed by atoms with Gasteiger partial charge >= 0.3 is 0 Å². The van der Waals surface area contributed by atoms with Crippen molar-refractivity contribution in [1.82, 2.24) is 5.32 Å². The first-order valence-electron chi connectivity index (χ1n) is 3.07. The summed E-state index contributed by atoms with van der Waals surface area (Å²) in [6.45, 7) is 8.14. The third-order valence-corrected chi connectivity index (χ3v) is 0.870. The zero-order valence-electron chi connectivity index (χ0n) is 6.98. The topological polar surface area (TPSA) is 29.1 Å². The molecular weight excluding hydrogens is 137 g/mol. The molecule has 1 radical (unpaired) electrons. The van der Waals surface area contributed by atoms with Gasteiger partial charge in [-0.2, -0.15) is 0 Å². The maximum Gasteiger partial charge on any atom is 0.243 e. The molecule has 0 aromatic carbocycles. The first kappa shape index (κ1) is 12.8. The molecule has 0 saturated heterocycles. The van der Waals surface area contributed by atoms with E-state index in [1.807, 2.05) is 13.8 Å². The van der Waals surface area contributed by atoms with Crippen LogP contribution in [0.2, 0.25) is 0 Å². The molecule has 2 nitrogen and oxygen atoms in total. The largest absolute Gasteiger partial charge is 0.352 e. The molecule has 0 fully saturated rings. The Bertz CT molecular complexity index is 112. The molecule has 0 aliphatic heterocycles. The smallest absolute Gasteiger partial charge is 0.243 e. The summed E-state index contributed by atoms with van der Waals surface area (Å²) in [6, 6.07) is 0. The first-order valence-corrected chi connectivity index (χ1v) is 3.07. The quantitative estimate of drug-likeness (QED) is 0.462. The molecule has 0 unspecified atom stereocenters. The van der Waals surface area contributed by atoms with Crippen molar-refractivity contribution in [3.05, 3.63) is 12.7 Å². The van der Waals surface area contributed by atoms with Crippen LogP contribution in [0.1, 0.15) is 13.8 Å². The summed E-state index contributed by atoms with van der Waals surface area (Å²) in [5.74, 6) is 0.414. The Labute approximate surface area is 84.4 Å². The van der Waals surface area contributed by atoms with E-state index in [0.717, 1.165) is 6.54 Å². The summed E-state index contributed by atoms with van der Waals surface area (Å²) in [4.78, 5) is 10.5. The van der Waals surface area contributed by atoms with E-state index in [4.69, 9.17) is 0 Å². The summed E-state index contributed by atoms with van der Waals surface area (Å²) in [7, 11) is 0. The minimum Gasteiger partial charge on any atom is -0.352 e. The van der Waals surface area contributed by atoms with Gasteiger partial charge in [0.1, 0.15) is 0 Å². The molecule has 1 amide bonds. The van der Waals surface area contributed by atoms with E-state index in [1.165, 1.54) is 6.08 Å². The number of hydrogen-bond donors (Lipinski definition) is 1. The standard InChI is InChI=1S/C7H13NO.Na/c1-4-7(9)8-5-6(2)3;/h4,6H,1,5H2,2-3H3,(H,8,9);. The van der Waals surface area contributed by atoms with Gasteiger partial charge in [0.15, 0.2) is 0 Å². The predicted octanol–water partition coefficient (Wildman–Crippen LogP) is 0.564. The van der Waals surface area contributed by atoms with Crippen LogP contribution in [0.25, 0.3) is 0 Å². The van der Waals surface area contributed by atoms with Gasteiger partial charge in [-0.3, -0.25) is 4.79 Å². The molecule has 53 valence electrons. The van der Waals surface area contributed by atoms with Crippen LogP contribution in [0.15, 0.2) is 12.7 Å². The molecule has 10 heavy (non-hydrogen) atoms. The fourth-order valence-corrected chi connectivity index (χ4v) is 0.377. The van der Waals surface area contributed by atoms with E-state index >= 15 is 0 Å². The summed E-state index contributed by atoms with van der Waals surface area (Å²) >= 11 is 0. The van der Waals surface area contributed by atoms with E-state index < -0.39 is 0 Å². The Morgan fingerprint density at radius 1 is 1.70 bits per heavy atom. The van der Waals surface area contributed by atoms with Gasteiger partial charge in [-0.1, -0.05) is 20.4 Å². The summed E-state index contributed by atoms with van der Waals surface area (Å²) in [5.41, 5.74) is 0. The molecule has 3 heteroatoms. The average Bonchev–Trinajstić information content (AvgIpc) is 1.83. The molecule has 0 aliphatic carbocycles. The van der Waals surface area contributed by atoms with E-state index in [2.05, 4.69) is 11.9 Å². The van der Waals surface area contributed by atoms with E-state index in [1.54, 1.807) is 0 Å². The molecule has 1 N–H and O–H groups in total. The first-order chi connectivity index (χ1) is 4.16. The van der Waals surface area contributed by atoms with E-state index in [0.29, 0.717) is 5.92 Å². The fraction of sp³-hybridized carbons (Fsp3) is 0.571. The molecule has 0 rings (SSSR count). The zero-order valence-corrected chi connectivity index (χ0v) is 8.98. The van der Waals surface area contributed by atoms with Crippen molar-refractivity contribution in [3.63, 3.8) is 0 Å². The Hall–Kier alpha value is 0.210. The Morgan fingerprint density at radius 2 is 2.20 bits per heavy atom. The van der Waals surface area contributed by atoms with Crippen molar-refractivity contribution in [2.45, 2.75) is 13.8 Å². The molecule has 0 spiro atoms. The van der Waals surface area contributed by atoms with Crippen LogP contribution in [-0.2, 0) is 4.79 Å². The summed E-state index contributed by atoms with van der Waals surface area (Å²) < 4.78 is 0. The van der Waals surface area contributed by atoms with Crippen molar-refractivity contribution >= 4 is 35.5 Å². The second-order valence-corrected chi connectivity index (χ2v) is 2.34. The van der Waals surface area contributed by atoms with Crippen LogP contribution in [-0.4, -0.2) is 42.0 Å². The molecule has 0 bridgehead atoms. The third kappa shape index (κ3) is 8.21. The normalized spacial score (nSPS) is 8.30. The van der Waals surface area contributed by atoms with E-state index in [-0.39, 0.29) is 35.5 Å². The van der Waals surface area contributed by atoms with Crippen molar-refractivity contribution in [3.8, 4) is 0 Å². The van der Waals surface area contributed by atoms with Crippen LogP contribution in [0, 0.1) is 5.92 Å². The van der Waals surface area contributed by atoms with Crippen LogP contribution < -0.4 is 5.32 Å². The van der Waals surface area contributed by atoms with Gasteiger partial charge < -0.3 is 5.32 Å². The molecule has 0 heterocycles. The maximum atomic E-state index is 10.5. The number of nitrogens with one attached hydrogen (secondary N) is 1. The van der Waals surface area contributed by atoms with Crippen LogP contribution in [0.3, 0.4) is 0 Å². The molecule has 0 aromatic rings. The molecule has 0 aromatic heterocycles. The average molecular weight is 150 g/mol. The summed E-state index contributed by atoms with van der Waals surface area (Å²) in [6.07, 6.45) is 1.28. The molecule has 0 aliphatic rings. The second-order valence-electron chi connectivity index (χ2n) is 2.34. The minimum absolute atomic E-state index is 0. The van der Waals surface area contributed by atoms with Gasteiger partial charge in [0.05, 0.1) is 0 Å². The van der Waals surface area contributed by atoms with Gasteiger partial charge in [0.2, 0.25) is 5.91 Å². The predicted molar refractivity (Wildman–Crippen MR) is 43.8 cm³/mol. The number of rotatable bonds is 3. The van der Waals surface area contributed by atoms with Gasteiger partial charge in [-0.05, 0) is 12.0 Å². The minimum atomic E-state index is -0.0938. The Morgan fingerprint density at radius 3 is 2.50 bits per heavy atom. The monoisotopic (exact) mass is 150 g/mol. The van der Waals surface area contributed by atoms with Crippen LogP contribution >= 0.6 is 0 Å². The van der Waals surface area contributed by atoms with E-state index in [9.17, 15) is 4.79 Å². The zero-order chi connectivity index (χ0) is 7.28. The van der Waals surface area contributed by atoms with Gasteiger partial charge in [0.25, 0.3) is 0 Å². The maximum absolute atomic E-state index is 10.5. The van der Waals surface area contributed by atoms with Crippen LogP contribution in [0.4, 0.5) is 0 Å². The second kappa shape index (κ2) is 7.32. The Balaban J connectivity index is 0. The molecule has 0 saturated carbocycles. The molecular formula is C7H13NNaO. The Kier molecular flexibility index (Phi) is 9.40. The third-order valence-electron chi connectivity index (χ3n) is 0.870. The number of hydrogen-bond acceptors (Lipinski definition) is 1. The van der Waals surface area contributed by atoms with Crippen molar-refractivity contribution in [2.24, 2.45) is 5.92 Å². The van der Waals surface area contributed by atoms with Crippen molar-refractivity contribution < 1.29 is 4.79 Å². The fourth-order valence-electron chi connectivity index (χ4n) is 0.377. The van der Waals surface area contributed by atoms with Gasteiger partial charge in [-0.25, -0.2) is 0 Å². The van der Waals surface area contributed by atoms with Crippen molar-refractivity contribution in [2.75, 3.05) is 6.54 Å². The summed E-state index contributed by atoms with van der Waals surface area (Å²) in [5, 5.41) is 2.67. The van der Waals surface area contributed by atoms with Crippen molar-refractivity contribution in [1.29, 1.82) is 0 Å². The number of amides is 1. The van der Waals surface area contributed by atoms with Gasteiger partial charge in [0, 0.05) is 36.1 Å². The van der Waals surface area contributed by atoms with Crippen LogP contribution in [0.5, 0.6) is 0 Å².